The van der Waals surface area contributed by atoms with Gasteiger partial charge in [0.25, 0.3) is 0 Å². The third-order valence-electron chi connectivity index (χ3n) is 3.90. The van der Waals surface area contributed by atoms with E-state index in [9.17, 15) is 0 Å². The maximum atomic E-state index is 4.34. The second kappa shape index (κ2) is 5.57. The Bertz CT molecular complexity index is 521. The zero-order valence-corrected chi connectivity index (χ0v) is 11.5. The van der Waals surface area contributed by atoms with Gasteiger partial charge >= 0.3 is 0 Å². The molecular weight excluding hydrogens is 234 g/mol. The number of benzene rings is 1. The third-order valence-corrected chi connectivity index (χ3v) is 3.90. The molecule has 1 unspecified atom stereocenters. The smallest absolute Gasteiger partial charge is 0.0994 e. The molecule has 1 aliphatic heterocycles. The number of rotatable bonds is 4. The molecule has 1 atom stereocenters. The highest BCUT2D eigenvalue weighted by Crippen LogP contribution is 2.24. The minimum absolute atomic E-state index is 0.595. The molecular formula is C16H21N3. The second-order valence-corrected chi connectivity index (χ2v) is 5.29. The van der Waals surface area contributed by atoms with Crippen molar-refractivity contribution < 1.29 is 0 Å². The van der Waals surface area contributed by atoms with E-state index >= 15 is 0 Å². The lowest BCUT2D eigenvalue weighted by Gasteiger charge is -2.13. The molecule has 0 bridgehead atoms. The molecule has 1 aromatic carbocycles. The Kier molecular flexibility index (Phi) is 3.65. The van der Waals surface area contributed by atoms with Crippen LogP contribution in [0.2, 0.25) is 0 Å². The van der Waals surface area contributed by atoms with Crippen LogP contribution in [0.3, 0.4) is 0 Å². The molecule has 1 aromatic heterocycles. The Morgan fingerprint density at radius 1 is 1.32 bits per heavy atom. The van der Waals surface area contributed by atoms with Crippen molar-refractivity contribution >= 4 is 0 Å². The zero-order valence-electron chi connectivity index (χ0n) is 11.5. The molecule has 3 rings (SSSR count). The number of aromatic nitrogens is 2. The topological polar surface area (TPSA) is 29.9 Å². The first-order valence-electron chi connectivity index (χ1n) is 7.20. The van der Waals surface area contributed by atoms with E-state index < -0.39 is 0 Å². The highest BCUT2D eigenvalue weighted by molar-refractivity contribution is 5.37. The van der Waals surface area contributed by atoms with Crippen LogP contribution in [0.1, 0.15) is 36.9 Å². The van der Waals surface area contributed by atoms with E-state index in [1.165, 1.54) is 29.8 Å². The van der Waals surface area contributed by atoms with E-state index in [1.54, 1.807) is 0 Å². The minimum atomic E-state index is 0.595. The van der Waals surface area contributed by atoms with Crippen molar-refractivity contribution in [2.75, 3.05) is 13.1 Å². The molecule has 0 radical (unpaired) electrons. The Morgan fingerprint density at radius 2 is 2.16 bits per heavy atom. The zero-order chi connectivity index (χ0) is 13.1. The number of aryl methyl sites for hydroxylation is 1. The maximum absolute atomic E-state index is 4.34. The quantitative estimate of drug-likeness (QED) is 0.910. The fourth-order valence-electron chi connectivity index (χ4n) is 2.84. The summed E-state index contributed by atoms with van der Waals surface area (Å²) in [5.74, 6) is 0.595. The van der Waals surface area contributed by atoms with Gasteiger partial charge in [0, 0.05) is 30.0 Å². The molecule has 2 aromatic rings. The fraction of sp³-hybridized carbons (Fsp3) is 0.438. The van der Waals surface area contributed by atoms with Crippen molar-refractivity contribution in [3.05, 3.63) is 48.0 Å². The van der Waals surface area contributed by atoms with Crippen molar-refractivity contribution in [2.24, 2.45) is 0 Å². The van der Waals surface area contributed by atoms with Crippen LogP contribution in [0.5, 0.6) is 0 Å². The molecule has 2 heterocycles. The van der Waals surface area contributed by atoms with Crippen LogP contribution in [-0.4, -0.2) is 22.6 Å². The van der Waals surface area contributed by atoms with Crippen molar-refractivity contribution in [2.45, 2.75) is 32.1 Å². The Labute approximate surface area is 114 Å². The molecule has 0 aliphatic carbocycles. The average molecular weight is 255 g/mol. The van der Waals surface area contributed by atoms with Gasteiger partial charge in [-0.3, -0.25) is 0 Å². The molecule has 1 fully saturated rings. The van der Waals surface area contributed by atoms with Gasteiger partial charge in [-0.2, -0.15) is 0 Å². The summed E-state index contributed by atoms with van der Waals surface area (Å²) in [6.07, 6.45) is 7.51. The highest BCUT2D eigenvalue weighted by atomic mass is 15.1. The van der Waals surface area contributed by atoms with Crippen molar-refractivity contribution in [3.8, 4) is 5.69 Å². The highest BCUT2D eigenvalue weighted by Gasteiger charge is 2.20. The maximum Gasteiger partial charge on any atom is 0.0994 e. The van der Waals surface area contributed by atoms with E-state index in [0.717, 1.165) is 19.5 Å². The molecule has 1 aliphatic rings. The summed E-state index contributed by atoms with van der Waals surface area (Å²) in [5.41, 5.74) is 3.96. The van der Waals surface area contributed by atoms with E-state index in [0.29, 0.717) is 5.92 Å². The van der Waals surface area contributed by atoms with Crippen LogP contribution >= 0.6 is 0 Å². The van der Waals surface area contributed by atoms with Crippen LogP contribution in [0.4, 0.5) is 0 Å². The SMILES string of the molecule is CCCc1ccc(-n2cncc2C2CCNC2)cc1. The lowest BCUT2D eigenvalue weighted by atomic mass is 10.1. The lowest BCUT2D eigenvalue weighted by Crippen LogP contribution is -2.10. The first-order valence-corrected chi connectivity index (χ1v) is 7.20. The Balaban J connectivity index is 1.87. The average Bonchev–Trinajstić information content (AvgIpc) is 3.11. The van der Waals surface area contributed by atoms with Gasteiger partial charge in [-0.15, -0.1) is 0 Å². The molecule has 1 N–H and O–H groups in total. The molecule has 1 saturated heterocycles. The lowest BCUT2D eigenvalue weighted by molar-refractivity contribution is 0.713. The molecule has 0 amide bonds. The van der Waals surface area contributed by atoms with Gasteiger partial charge in [0.2, 0.25) is 0 Å². The van der Waals surface area contributed by atoms with Gasteiger partial charge in [0.1, 0.15) is 0 Å². The number of nitrogens with zero attached hydrogens (tertiary/aromatic N) is 2. The van der Waals surface area contributed by atoms with E-state index in [1.807, 2.05) is 12.5 Å². The molecule has 3 heteroatoms. The van der Waals surface area contributed by atoms with Gasteiger partial charge in [0.05, 0.1) is 6.33 Å². The van der Waals surface area contributed by atoms with E-state index in [4.69, 9.17) is 0 Å². The van der Waals surface area contributed by atoms with Crippen LogP contribution in [-0.2, 0) is 6.42 Å². The molecule has 0 saturated carbocycles. The van der Waals surface area contributed by atoms with Gasteiger partial charge < -0.3 is 9.88 Å². The van der Waals surface area contributed by atoms with Gasteiger partial charge in [0.15, 0.2) is 0 Å². The molecule has 3 nitrogen and oxygen atoms in total. The molecule has 100 valence electrons. The number of imidazole rings is 1. The predicted octanol–water partition coefficient (Wildman–Crippen LogP) is 2.90. The van der Waals surface area contributed by atoms with E-state index in [2.05, 4.69) is 46.1 Å². The molecule has 19 heavy (non-hydrogen) atoms. The number of hydrogen-bond donors (Lipinski definition) is 1. The minimum Gasteiger partial charge on any atom is -0.316 e. The van der Waals surface area contributed by atoms with Crippen molar-refractivity contribution in [1.29, 1.82) is 0 Å². The normalized spacial score (nSPS) is 18.9. The summed E-state index contributed by atoms with van der Waals surface area (Å²) in [7, 11) is 0. The standard InChI is InChI=1S/C16H21N3/c1-2-3-13-4-6-15(7-5-13)19-12-18-11-16(19)14-8-9-17-10-14/h4-7,11-12,14,17H,2-3,8-10H2,1H3. The van der Waals surface area contributed by atoms with Crippen LogP contribution in [0, 0.1) is 0 Å². The van der Waals surface area contributed by atoms with Crippen LogP contribution in [0.25, 0.3) is 5.69 Å². The first-order chi connectivity index (χ1) is 9.38. The summed E-state index contributed by atoms with van der Waals surface area (Å²) in [6, 6.07) is 8.88. The summed E-state index contributed by atoms with van der Waals surface area (Å²) in [6.45, 7) is 4.40. The monoisotopic (exact) mass is 255 g/mol. The number of nitrogens with one attached hydrogen (secondary N) is 1. The van der Waals surface area contributed by atoms with E-state index in [-0.39, 0.29) is 0 Å². The Hall–Kier alpha value is -1.61. The Morgan fingerprint density at radius 3 is 2.84 bits per heavy atom. The van der Waals surface area contributed by atoms with Crippen molar-refractivity contribution in [3.63, 3.8) is 0 Å². The third kappa shape index (κ3) is 2.56. The largest absolute Gasteiger partial charge is 0.316 e. The summed E-state index contributed by atoms with van der Waals surface area (Å²) < 4.78 is 2.23. The van der Waals surface area contributed by atoms with Crippen molar-refractivity contribution in [1.82, 2.24) is 14.9 Å². The predicted molar refractivity (Wildman–Crippen MR) is 77.8 cm³/mol. The van der Waals surface area contributed by atoms with Gasteiger partial charge in [-0.05, 0) is 37.1 Å². The summed E-state index contributed by atoms with van der Waals surface area (Å²) in [4.78, 5) is 4.34. The molecule has 0 spiro atoms. The summed E-state index contributed by atoms with van der Waals surface area (Å²) >= 11 is 0. The van der Waals surface area contributed by atoms with Gasteiger partial charge in [-0.1, -0.05) is 25.5 Å². The second-order valence-electron chi connectivity index (χ2n) is 5.29. The van der Waals surface area contributed by atoms with Gasteiger partial charge in [-0.25, -0.2) is 4.98 Å². The fourth-order valence-corrected chi connectivity index (χ4v) is 2.84. The number of hydrogen-bond acceptors (Lipinski definition) is 2. The van der Waals surface area contributed by atoms with Crippen LogP contribution < -0.4 is 5.32 Å². The van der Waals surface area contributed by atoms with Crippen LogP contribution in [0.15, 0.2) is 36.8 Å². The first kappa shape index (κ1) is 12.4. The summed E-state index contributed by atoms with van der Waals surface area (Å²) in [5, 5.41) is 3.42.